The molecule has 1 N–H and O–H groups in total. The number of ether oxygens (including phenoxy) is 2. The van der Waals surface area contributed by atoms with Gasteiger partial charge in [-0.25, -0.2) is 0 Å². The Morgan fingerprint density at radius 3 is 2.92 bits per heavy atom. The molecular formula is C19H25NO4. The maximum absolute atomic E-state index is 11.9. The summed E-state index contributed by atoms with van der Waals surface area (Å²) in [5, 5.41) is 9.78. The number of likely N-dealkylation sites (tertiary alicyclic amines) is 1. The molecule has 0 unspecified atom stereocenters. The lowest BCUT2D eigenvalue weighted by atomic mass is 9.76. The number of nitrogens with zero attached hydrogens (tertiary/aromatic N) is 1. The van der Waals surface area contributed by atoms with Crippen LogP contribution < -0.4 is 4.74 Å². The molecule has 2 saturated heterocycles. The van der Waals surface area contributed by atoms with Crippen LogP contribution in [-0.4, -0.2) is 49.4 Å². The van der Waals surface area contributed by atoms with E-state index < -0.39 is 11.4 Å². The number of methoxy groups -OCH3 is 1. The molecular weight excluding hydrogens is 306 g/mol. The maximum atomic E-state index is 11.9. The smallest absolute Gasteiger partial charge is 0.313 e. The summed E-state index contributed by atoms with van der Waals surface area (Å²) in [5.74, 6) is 0.408. The van der Waals surface area contributed by atoms with Gasteiger partial charge in [0.25, 0.3) is 0 Å². The first kappa shape index (κ1) is 15.9. The Bertz CT molecular complexity index is 659. The summed E-state index contributed by atoms with van der Waals surface area (Å²) in [6.07, 6.45) is 4.33. The third-order valence-electron chi connectivity index (χ3n) is 6.05. The molecule has 0 radical (unpaired) electrons. The summed E-state index contributed by atoms with van der Waals surface area (Å²) in [7, 11) is 1.72. The minimum atomic E-state index is -0.734. The number of carbonyl (C=O) groups is 1. The Balaban J connectivity index is 1.57. The lowest BCUT2D eigenvalue weighted by molar-refractivity contribution is -0.159. The molecule has 0 amide bonds. The van der Waals surface area contributed by atoms with Gasteiger partial charge >= 0.3 is 5.97 Å². The molecule has 2 atom stereocenters. The zero-order chi connectivity index (χ0) is 16.7. The number of benzene rings is 1. The topological polar surface area (TPSA) is 59.0 Å². The molecule has 0 spiro atoms. The van der Waals surface area contributed by atoms with Crippen LogP contribution >= 0.6 is 0 Å². The van der Waals surface area contributed by atoms with Gasteiger partial charge in [0.1, 0.15) is 11.2 Å². The molecule has 130 valence electrons. The highest BCUT2D eigenvalue weighted by molar-refractivity contribution is 5.76. The zero-order valence-electron chi connectivity index (χ0n) is 14.2. The number of aliphatic carboxylic acids is 1. The first-order chi connectivity index (χ1) is 11.6. The van der Waals surface area contributed by atoms with Crippen molar-refractivity contribution in [3.63, 3.8) is 0 Å². The molecule has 2 aliphatic heterocycles. The normalized spacial score (nSPS) is 29.3. The van der Waals surface area contributed by atoms with E-state index in [0.717, 1.165) is 38.1 Å². The van der Waals surface area contributed by atoms with Crippen molar-refractivity contribution >= 4 is 5.97 Å². The molecule has 0 aromatic heterocycles. The first-order valence-corrected chi connectivity index (χ1v) is 8.84. The van der Waals surface area contributed by atoms with Gasteiger partial charge in [0.05, 0.1) is 13.7 Å². The van der Waals surface area contributed by atoms with Crippen LogP contribution in [-0.2, 0) is 28.9 Å². The van der Waals surface area contributed by atoms with Crippen molar-refractivity contribution in [2.24, 2.45) is 11.3 Å². The van der Waals surface area contributed by atoms with E-state index >= 15 is 0 Å². The largest absolute Gasteiger partial charge is 0.496 e. The van der Waals surface area contributed by atoms with Gasteiger partial charge in [0, 0.05) is 31.8 Å². The van der Waals surface area contributed by atoms with Crippen LogP contribution in [0, 0.1) is 11.3 Å². The van der Waals surface area contributed by atoms with Crippen molar-refractivity contribution in [1.82, 2.24) is 4.90 Å². The Kier molecular flexibility index (Phi) is 4.01. The molecule has 5 nitrogen and oxygen atoms in total. The van der Waals surface area contributed by atoms with E-state index in [9.17, 15) is 9.90 Å². The lowest BCUT2D eigenvalue weighted by Crippen LogP contribution is -2.46. The van der Waals surface area contributed by atoms with E-state index in [-0.39, 0.29) is 5.92 Å². The zero-order valence-corrected chi connectivity index (χ0v) is 14.2. The highest BCUT2D eigenvalue weighted by atomic mass is 16.5. The van der Waals surface area contributed by atoms with Gasteiger partial charge in [-0.15, -0.1) is 0 Å². The van der Waals surface area contributed by atoms with Crippen LogP contribution in [0.1, 0.15) is 29.5 Å². The Morgan fingerprint density at radius 1 is 1.42 bits per heavy atom. The predicted octanol–water partition coefficient (Wildman–Crippen LogP) is 2.11. The summed E-state index contributed by atoms with van der Waals surface area (Å²) in [6.45, 7) is 3.16. The van der Waals surface area contributed by atoms with Gasteiger partial charge in [-0.2, -0.15) is 0 Å². The highest BCUT2D eigenvalue weighted by Gasteiger charge is 2.54. The number of carboxylic acid groups (broad SMARTS) is 1. The van der Waals surface area contributed by atoms with E-state index in [4.69, 9.17) is 9.47 Å². The van der Waals surface area contributed by atoms with Crippen LogP contribution in [0.15, 0.2) is 12.1 Å². The van der Waals surface area contributed by atoms with Gasteiger partial charge in [-0.3, -0.25) is 9.69 Å². The summed E-state index contributed by atoms with van der Waals surface area (Å²) in [4.78, 5) is 14.2. The standard InChI is InChI=1S/C19H25NO4/c1-23-17-8-14-4-2-3-13(14)7-15(17)9-20-10-16-5-6-24-12-19(16,11-20)18(21)22/h7-8,16H,2-6,9-12H2,1H3,(H,21,22)/t16-,19+/m0/s1. The molecule has 0 saturated carbocycles. The van der Waals surface area contributed by atoms with Crippen molar-refractivity contribution in [3.05, 3.63) is 28.8 Å². The summed E-state index contributed by atoms with van der Waals surface area (Å²) in [5.41, 5.74) is 3.28. The van der Waals surface area contributed by atoms with Gasteiger partial charge < -0.3 is 14.6 Å². The fourth-order valence-corrected chi connectivity index (χ4v) is 4.72. The lowest BCUT2D eigenvalue weighted by Gasteiger charge is -2.34. The molecule has 2 fully saturated rings. The number of aryl methyl sites for hydroxylation is 2. The molecule has 1 aromatic carbocycles. The predicted molar refractivity (Wildman–Crippen MR) is 89.3 cm³/mol. The van der Waals surface area contributed by atoms with Crippen LogP contribution in [0.25, 0.3) is 0 Å². The van der Waals surface area contributed by atoms with Crippen molar-refractivity contribution in [2.75, 3.05) is 33.4 Å². The van der Waals surface area contributed by atoms with Gasteiger partial charge in [-0.1, -0.05) is 6.07 Å². The third kappa shape index (κ3) is 2.50. The van der Waals surface area contributed by atoms with Gasteiger partial charge in [-0.05, 0) is 48.8 Å². The minimum Gasteiger partial charge on any atom is -0.496 e. The summed E-state index contributed by atoms with van der Waals surface area (Å²) in [6, 6.07) is 4.45. The van der Waals surface area contributed by atoms with E-state index in [1.54, 1.807) is 7.11 Å². The molecule has 1 aliphatic carbocycles. The Hall–Kier alpha value is -1.59. The van der Waals surface area contributed by atoms with E-state index in [0.29, 0.717) is 19.8 Å². The molecule has 1 aromatic rings. The summed E-state index contributed by atoms with van der Waals surface area (Å²) >= 11 is 0. The van der Waals surface area contributed by atoms with E-state index in [1.807, 2.05) is 0 Å². The second-order valence-corrected chi connectivity index (χ2v) is 7.46. The van der Waals surface area contributed by atoms with Crippen molar-refractivity contribution < 1.29 is 19.4 Å². The van der Waals surface area contributed by atoms with Crippen LogP contribution in [0.4, 0.5) is 0 Å². The van der Waals surface area contributed by atoms with Crippen LogP contribution in [0.3, 0.4) is 0 Å². The van der Waals surface area contributed by atoms with Gasteiger partial charge in [0.2, 0.25) is 0 Å². The second-order valence-electron chi connectivity index (χ2n) is 7.46. The minimum absolute atomic E-state index is 0.184. The number of rotatable bonds is 4. The fourth-order valence-electron chi connectivity index (χ4n) is 4.72. The van der Waals surface area contributed by atoms with Gasteiger partial charge in [0.15, 0.2) is 0 Å². The van der Waals surface area contributed by atoms with Crippen LogP contribution in [0.2, 0.25) is 0 Å². The second kappa shape index (κ2) is 6.05. The highest BCUT2D eigenvalue weighted by Crippen LogP contribution is 2.42. The Labute approximate surface area is 142 Å². The Morgan fingerprint density at radius 2 is 2.21 bits per heavy atom. The number of hydrogen-bond donors (Lipinski definition) is 1. The quantitative estimate of drug-likeness (QED) is 0.916. The fraction of sp³-hybridized carbons (Fsp3) is 0.632. The molecule has 2 heterocycles. The first-order valence-electron chi connectivity index (χ1n) is 8.84. The monoisotopic (exact) mass is 331 g/mol. The molecule has 3 aliphatic rings. The number of carboxylic acids is 1. The van der Waals surface area contributed by atoms with Crippen molar-refractivity contribution in [1.29, 1.82) is 0 Å². The molecule has 4 rings (SSSR count). The van der Waals surface area contributed by atoms with Crippen molar-refractivity contribution in [2.45, 2.75) is 32.2 Å². The van der Waals surface area contributed by atoms with E-state index in [2.05, 4.69) is 17.0 Å². The van der Waals surface area contributed by atoms with Crippen LogP contribution in [0.5, 0.6) is 5.75 Å². The van der Waals surface area contributed by atoms with E-state index in [1.165, 1.54) is 23.1 Å². The number of hydrogen-bond acceptors (Lipinski definition) is 4. The average Bonchev–Trinajstić information content (AvgIpc) is 3.17. The summed E-state index contributed by atoms with van der Waals surface area (Å²) < 4.78 is 11.1. The molecule has 0 bridgehead atoms. The maximum Gasteiger partial charge on any atom is 0.313 e. The third-order valence-corrected chi connectivity index (χ3v) is 6.05. The molecule has 5 heteroatoms. The SMILES string of the molecule is COc1cc2c(cc1CN1C[C@@H]3CCOC[C@]3(C(=O)O)C1)CCC2. The average molecular weight is 331 g/mol. The molecule has 24 heavy (non-hydrogen) atoms. The number of fused-ring (bicyclic) bond motifs is 2. The van der Waals surface area contributed by atoms with Crippen molar-refractivity contribution in [3.8, 4) is 5.75 Å².